The molecule has 0 saturated heterocycles. The minimum absolute atomic E-state index is 0.159. The molecule has 1 fully saturated rings. The van der Waals surface area contributed by atoms with Gasteiger partial charge in [-0.15, -0.1) is 0 Å². The van der Waals surface area contributed by atoms with E-state index in [1.165, 1.54) is 0 Å². The van der Waals surface area contributed by atoms with Gasteiger partial charge >= 0.3 is 0 Å². The van der Waals surface area contributed by atoms with E-state index < -0.39 is 5.60 Å². The first-order valence-electron chi connectivity index (χ1n) is 7.65. The Morgan fingerprint density at radius 1 is 1.35 bits per heavy atom. The van der Waals surface area contributed by atoms with Gasteiger partial charge in [0.1, 0.15) is 5.75 Å². The van der Waals surface area contributed by atoms with Crippen molar-refractivity contribution < 1.29 is 9.84 Å². The average Bonchev–Trinajstić information content (AvgIpc) is 2.34. The van der Waals surface area contributed by atoms with Gasteiger partial charge in [0.2, 0.25) is 0 Å². The third-order valence-corrected chi connectivity index (χ3v) is 4.08. The quantitative estimate of drug-likeness (QED) is 0.907. The summed E-state index contributed by atoms with van der Waals surface area (Å²) in [7, 11) is 0. The molecule has 3 heteroatoms. The predicted octanol–water partition coefficient (Wildman–Crippen LogP) is 3.90. The second kappa shape index (κ2) is 5.72. The van der Waals surface area contributed by atoms with E-state index >= 15 is 0 Å². The van der Waals surface area contributed by atoms with Crippen LogP contribution in [0.1, 0.15) is 58.9 Å². The predicted molar refractivity (Wildman–Crippen MR) is 80.7 cm³/mol. The van der Waals surface area contributed by atoms with Crippen LogP contribution in [0.2, 0.25) is 0 Å². The van der Waals surface area contributed by atoms with E-state index in [1.807, 2.05) is 6.07 Å². The van der Waals surface area contributed by atoms with Crippen molar-refractivity contribution >= 4 is 0 Å². The Morgan fingerprint density at radius 3 is 2.75 bits per heavy atom. The summed E-state index contributed by atoms with van der Waals surface area (Å²) < 4.78 is 5.64. The molecule has 2 rings (SSSR count). The molecule has 0 bridgehead atoms. The lowest BCUT2D eigenvalue weighted by Crippen LogP contribution is -2.40. The Morgan fingerprint density at radius 2 is 2.10 bits per heavy atom. The van der Waals surface area contributed by atoms with Crippen LogP contribution >= 0.6 is 0 Å². The molecule has 112 valence electrons. The van der Waals surface area contributed by atoms with Gasteiger partial charge in [-0.1, -0.05) is 27.7 Å². The van der Waals surface area contributed by atoms with Crippen molar-refractivity contribution in [1.82, 2.24) is 4.98 Å². The first kappa shape index (κ1) is 15.3. The number of hydrogen-bond donors (Lipinski definition) is 1. The second-order valence-corrected chi connectivity index (χ2v) is 7.14. The summed E-state index contributed by atoms with van der Waals surface area (Å²) in [6, 6.07) is 1.96. The Labute approximate surface area is 122 Å². The van der Waals surface area contributed by atoms with Crippen LogP contribution in [0.15, 0.2) is 18.5 Å². The fraction of sp³-hybridized carbons (Fsp3) is 0.706. The number of aromatic nitrogens is 1. The van der Waals surface area contributed by atoms with Gasteiger partial charge in [0, 0.05) is 11.8 Å². The van der Waals surface area contributed by atoms with Crippen molar-refractivity contribution in [2.24, 2.45) is 11.3 Å². The van der Waals surface area contributed by atoms with Crippen molar-refractivity contribution in [3.8, 4) is 5.75 Å². The van der Waals surface area contributed by atoms with Crippen LogP contribution < -0.4 is 4.74 Å². The molecule has 0 amide bonds. The fourth-order valence-electron chi connectivity index (χ4n) is 3.72. The molecule has 0 radical (unpaired) electrons. The largest absolute Gasteiger partial charge is 0.492 e. The van der Waals surface area contributed by atoms with Crippen molar-refractivity contribution in [1.29, 1.82) is 0 Å². The molecule has 1 aliphatic rings. The molecule has 2 unspecified atom stereocenters. The maximum Gasteiger partial charge on any atom is 0.137 e. The van der Waals surface area contributed by atoms with E-state index in [0.717, 1.165) is 37.0 Å². The summed E-state index contributed by atoms with van der Waals surface area (Å²) >= 11 is 0. The van der Waals surface area contributed by atoms with Gasteiger partial charge in [-0.05, 0) is 43.1 Å². The third kappa shape index (κ3) is 3.51. The highest BCUT2D eigenvalue weighted by Gasteiger charge is 2.42. The van der Waals surface area contributed by atoms with Crippen molar-refractivity contribution in [2.75, 3.05) is 6.61 Å². The zero-order valence-electron chi connectivity index (χ0n) is 13.1. The minimum atomic E-state index is -0.778. The van der Waals surface area contributed by atoms with Crippen molar-refractivity contribution in [3.63, 3.8) is 0 Å². The molecule has 1 aromatic heterocycles. The van der Waals surface area contributed by atoms with Crippen LogP contribution in [0.3, 0.4) is 0 Å². The molecule has 1 saturated carbocycles. The van der Waals surface area contributed by atoms with E-state index in [0.29, 0.717) is 12.5 Å². The topological polar surface area (TPSA) is 42.4 Å². The molecule has 20 heavy (non-hydrogen) atoms. The smallest absolute Gasteiger partial charge is 0.137 e. The maximum absolute atomic E-state index is 11.1. The van der Waals surface area contributed by atoms with Crippen molar-refractivity contribution in [3.05, 3.63) is 24.0 Å². The highest BCUT2D eigenvalue weighted by Crippen LogP contribution is 2.48. The first-order valence-corrected chi connectivity index (χ1v) is 7.65. The Hall–Kier alpha value is -1.09. The Bertz CT molecular complexity index is 458. The normalized spacial score (nSPS) is 29.1. The van der Waals surface area contributed by atoms with E-state index in [2.05, 4.69) is 32.7 Å². The highest BCUT2D eigenvalue weighted by atomic mass is 16.5. The third-order valence-electron chi connectivity index (χ3n) is 4.08. The summed E-state index contributed by atoms with van der Waals surface area (Å²) in [6.45, 7) is 9.45. The lowest BCUT2D eigenvalue weighted by Gasteiger charge is -2.44. The summed E-state index contributed by atoms with van der Waals surface area (Å²) in [4.78, 5) is 4.25. The molecule has 2 atom stereocenters. The van der Waals surface area contributed by atoms with Crippen LogP contribution in [0.25, 0.3) is 0 Å². The zero-order valence-corrected chi connectivity index (χ0v) is 13.1. The van der Waals surface area contributed by atoms with E-state index in [4.69, 9.17) is 4.74 Å². The molecular weight excluding hydrogens is 250 g/mol. The van der Waals surface area contributed by atoms with Crippen LogP contribution in [0.5, 0.6) is 5.75 Å². The molecule has 3 nitrogen and oxygen atoms in total. The number of ether oxygens (including phenoxy) is 1. The molecule has 0 aliphatic heterocycles. The van der Waals surface area contributed by atoms with Gasteiger partial charge < -0.3 is 9.84 Å². The number of nitrogens with zero attached hydrogens (tertiary/aromatic N) is 1. The molecule has 1 N–H and O–H groups in total. The lowest BCUT2D eigenvalue weighted by molar-refractivity contribution is -0.0638. The highest BCUT2D eigenvalue weighted by molar-refractivity contribution is 5.29. The minimum Gasteiger partial charge on any atom is -0.492 e. The molecule has 0 spiro atoms. The summed E-state index contributed by atoms with van der Waals surface area (Å²) in [5.41, 5.74) is 0.276. The second-order valence-electron chi connectivity index (χ2n) is 7.14. The molecule has 1 heterocycles. The number of pyridine rings is 1. The van der Waals surface area contributed by atoms with E-state index in [1.54, 1.807) is 12.4 Å². The van der Waals surface area contributed by atoms with Crippen LogP contribution in [-0.2, 0) is 5.60 Å². The van der Waals surface area contributed by atoms with Crippen LogP contribution in [-0.4, -0.2) is 16.7 Å². The van der Waals surface area contributed by atoms with E-state index in [9.17, 15) is 5.11 Å². The molecular formula is C17H27NO2. The number of aliphatic hydroxyl groups is 1. The van der Waals surface area contributed by atoms with Gasteiger partial charge in [-0.25, -0.2) is 0 Å². The molecule has 0 aromatic carbocycles. The Balaban J connectivity index is 2.24. The van der Waals surface area contributed by atoms with Crippen molar-refractivity contribution in [2.45, 2.75) is 59.0 Å². The molecule has 1 aromatic rings. The van der Waals surface area contributed by atoms with Crippen LogP contribution in [0.4, 0.5) is 0 Å². The van der Waals surface area contributed by atoms with E-state index in [-0.39, 0.29) is 5.41 Å². The SMILES string of the molecule is CCCOc1cncc(C2(O)CC(C)CC(C)(C)C2)c1. The van der Waals surface area contributed by atoms with Gasteiger partial charge in [0.25, 0.3) is 0 Å². The van der Waals surface area contributed by atoms with Gasteiger partial charge in [-0.3, -0.25) is 4.98 Å². The standard InChI is InChI=1S/C17H27NO2/c1-5-6-20-15-7-14(10-18-11-15)17(19)9-13(2)8-16(3,4)12-17/h7,10-11,13,19H,5-6,8-9,12H2,1-4H3. The van der Waals surface area contributed by atoms with Crippen LogP contribution in [0, 0.1) is 11.3 Å². The van der Waals surface area contributed by atoms with Gasteiger partial charge in [-0.2, -0.15) is 0 Å². The zero-order chi connectivity index (χ0) is 14.8. The number of hydrogen-bond acceptors (Lipinski definition) is 3. The number of rotatable bonds is 4. The fourth-order valence-corrected chi connectivity index (χ4v) is 3.72. The Kier molecular flexibility index (Phi) is 4.38. The van der Waals surface area contributed by atoms with Gasteiger partial charge in [0.05, 0.1) is 18.4 Å². The maximum atomic E-state index is 11.1. The van der Waals surface area contributed by atoms with Gasteiger partial charge in [0.15, 0.2) is 0 Å². The summed E-state index contributed by atoms with van der Waals surface area (Å²) in [5.74, 6) is 1.28. The summed E-state index contributed by atoms with van der Waals surface area (Å²) in [5, 5.41) is 11.1. The summed E-state index contributed by atoms with van der Waals surface area (Å²) in [6.07, 6.45) is 7.22. The monoisotopic (exact) mass is 277 g/mol. The molecule has 1 aliphatic carbocycles. The lowest BCUT2D eigenvalue weighted by atomic mass is 9.64. The average molecular weight is 277 g/mol. The first-order chi connectivity index (χ1) is 9.35.